The number of nitrogens with zero attached hydrogens (tertiary/aromatic N) is 1. The van der Waals surface area contributed by atoms with Crippen molar-refractivity contribution in [3.8, 4) is 17.2 Å². The Morgan fingerprint density at radius 2 is 1.56 bits per heavy atom. The summed E-state index contributed by atoms with van der Waals surface area (Å²) in [6, 6.07) is 11.2. The van der Waals surface area contributed by atoms with E-state index in [1.165, 1.54) is 0 Å². The molecule has 2 amide bonds. The van der Waals surface area contributed by atoms with Crippen LogP contribution in [-0.4, -0.2) is 57.2 Å². The van der Waals surface area contributed by atoms with Gasteiger partial charge in [0.05, 0.1) is 27.2 Å². The highest BCUT2D eigenvalue weighted by molar-refractivity contribution is 5.95. The average Bonchev–Trinajstić information content (AvgIpc) is 3.23. The van der Waals surface area contributed by atoms with E-state index in [1.54, 1.807) is 26.2 Å². The van der Waals surface area contributed by atoms with Gasteiger partial charge in [0, 0.05) is 30.6 Å². The molecule has 1 N–H and O–H groups in total. The second kappa shape index (κ2) is 9.94. The number of likely N-dealkylation sites (tertiary alicyclic amines) is 1. The van der Waals surface area contributed by atoms with Gasteiger partial charge >= 0.3 is 0 Å². The van der Waals surface area contributed by atoms with Crippen LogP contribution < -0.4 is 19.5 Å². The van der Waals surface area contributed by atoms with Crippen LogP contribution in [0.5, 0.6) is 17.2 Å². The molecule has 0 spiro atoms. The molecule has 32 heavy (non-hydrogen) atoms. The molecule has 0 bridgehead atoms. The first-order valence-corrected chi connectivity index (χ1v) is 10.7. The van der Waals surface area contributed by atoms with Crippen molar-refractivity contribution in [2.45, 2.75) is 32.7 Å². The van der Waals surface area contributed by atoms with E-state index in [0.717, 1.165) is 11.1 Å². The van der Waals surface area contributed by atoms with E-state index < -0.39 is 5.92 Å². The van der Waals surface area contributed by atoms with Crippen LogP contribution in [0.2, 0.25) is 0 Å². The number of rotatable bonds is 7. The number of carbonyl (C=O) groups excluding carboxylic acids is 2. The Kier molecular flexibility index (Phi) is 7.28. The first-order chi connectivity index (χ1) is 15.3. The fourth-order valence-electron chi connectivity index (χ4n) is 4.16. The first-order valence-electron chi connectivity index (χ1n) is 10.7. The average molecular weight is 441 g/mol. The van der Waals surface area contributed by atoms with Crippen molar-refractivity contribution in [2.24, 2.45) is 5.92 Å². The number of nitrogens with one attached hydrogen (secondary N) is 1. The molecule has 0 aliphatic carbocycles. The van der Waals surface area contributed by atoms with Gasteiger partial charge in [-0.05, 0) is 50.6 Å². The maximum Gasteiger partial charge on any atom is 0.253 e. The summed E-state index contributed by atoms with van der Waals surface area (Å²) in [6.45, 7) is 6.60. The molecule has 2 unspecified atom stereocenters. The van der Waals surface area contributed by atoms with Crippen LogP contribution in [0.15, 0.2) is 36.4 Å². The molecule has 3 rings (SSSR count). The van der Waals surface area contributed by atoms with Crippen molar-refractivity contribution in [3.63, 3.8) is 0 Å². The maximum absolute atomic E-state index is 13.2. The molecule has 1 aliphatic rings. The largest absolute Gasteiger partial charge is 0.493 e. The molecule has 7 heteroatoms. The van der Waals surface area contributed by atoms with Crippen LogP contribution in [0.25, 0.3) is 0 Å². The van der Waals surface area contributed by atoms with Crippen LogP contribution in [0.3, 0.4) is 0 Å². The normalized spacial score (nSPS) is 17.9. The highest BCUT2D eigenvalue weighted by Crippen LogP contribution is 2.43. The number of hydrogen-bond donors (Lipinski definition) is 1. The number of ether oxygens (including phenoxy) is 3. The Labute approximate surface area is 189 Å². The minimum Gasteiger partial charge on any atom is -0.493 e. The predicted octanol–water partition coefficient (Wildman–Crippen LogP) is 3.40. The van der Waals surface area contributed by atoms with Gasteiger partial charge in [0.2, 0.25) is 11.7 Å². The number of benzene rings is 2. The fourth-order valence-corrected chi connectivity index (χ4v) is 4.16. The first kappa shape index (κ1) is 23.4. The summed E-state index contributed by atoms with van der Waals surface area (Å²) in [5, 5.41) is 3.01. The monoisotopic (exact) mass is 440 g/mol. The minimum absolute atomic E-state index is 0.00457. The van der Waals surface area contributed by atoms with E-state index in [1.807, 2.05) is 57.2 Å². The summed E-state index contributed by atoms with van der Waals surface area (Å²) >= 11 is 0. The van der Waals surface area contributed by atoms with Crippen molar-refractivity contribution >= 4 is 11.8 Å². The summed E-state index contributed by atoms with van der Waals surface area (Å²) in [5.74, 6) is 0.778. The van der Waals surface area contributed by atoms with Gasteiger partial charge in [0.1, 0.15) is 0 Å². The van der Waals surface area contributed by atoms with Gasteiger partial charge < -0.3 is 24.4 Å². The summed E-state index contributed by atoms with van der Waals surface area (Å²) in [6.07, 6.45) is 0. The van der Waals surface area contributed by atoms with Crippen molar-refractivity contribution in [2.75, 3.05) is 34.4 Å². The molecule has 1 heterocycles. The number of carbonyl (C=O) groups is 2. The van der Waals surface area contributed by atoms with Crippen molar-refractivity contribution < 1.29 is 23.8 Å². The van der Waals surface area contributed by atoms with E-state index in [9.17, 15) is 9.59 Å². The van der Waals surface area contributed by atoms with Crippen LogP contribution in [0.4, 0.5) is 0 Å². The summed E-state index contributed by atoms with van der Waals surface area (Å²) in [5.41, 5.74) is 2.57. The molecule has 7 nitrogen and oxygen atoms in total. The van der Waals surface area contributed by atoms with E-state index in [0.29, 0.717) is 35.9 Å². The Balaban J connectivity index is 1.98. The van der Waals surface area contributed by atoms with Gasteiger partial charge in [0.25, 0.3) is 5.91 Å². The van der Waals surface area contributed by atoms with Gasteiger partial charge in [0.15, 0.2) is 11.5 Å². The molecule has 0 aromatic heterocycles. The Morgan fingerprint density at radius 1 is 0.969 bits per heavy atom. The van der Waals surface area contributed by atoms with Crippen LogP contribution in [0.1, 0.15) is 41.3 Å². The molecule has 2 aromatic carbocycles. The van der Waals surface area contributed by atoms with E-state index in [4.69, 9.17) is 14.2 Å². The van der Waals surface area contributed by atoms with Gasteiger partial charge in [-0.2, -0.15) is 0 Å². The molecular weight excluding hydrogens is 408 g/mol. The van der Waals surface area contributed by atoms with Crippen molar-refractivity contribution in [1.82, 2.24) is 10.2 Å². The lowest BCUT2D eigenvalue weighted by Gasteiger charge is -2.21. The summed E-state index contributed by atoms with van der Waals surface area (Å²) in [4.78, 5) is 28.0. The summed E-state index contributed by atoms with van der Waals surface area (Å²) < 4.78 is 16.5. The van der Waals surface area contributed by atoms with Gasteiger partial charge in [-0.3, -0.25) is 9.59 Å². The van der Waals surface area contributed by atoms with Gasteiger partial charge in [-0.15, -0.1) is 0 Å². The molecule has 1 saturated heterocycles. The number of hydrogen-bond acceptors (Lipinski definition) is 5. The second-order valence-electron chi connectivity index (χ2n) is 8.41. The zero-order chi connectivity index (χ0) is 23.4. The third-order valence-corrected chi connectivity index (χ3v) is 5.79. The Morgan fingerprint density at radius 3 is 2.06 bits per heavy atom. The van der Waals surface area contributed by atoms with Crippen LogP contribution in [0, 0.1) is 12.8 Å². The molecule has 1 fully saturated rings. The van der Waals surface area contributed by atoms with E-state index in [-0.39, 0.29) is 23.8 Å². The predicted molar refractivity (Wildman–Crippen MR) is 123 cm³/mol. The Bertz CT molecular complexity index is 946. The zero-order valence-corrected chi connectivity index (χ0v) is 19.6. The van der Waals surface area contributed by atoms with E-state index >= 15 is 0 Å². The molecule has 1 aliphatic heterocycles. The standard InChI is InChI=1S/C25H32N2O5/c1-15(2)26-24(28)20-14-27(25(29)17-9-7-16(3)8-10-17)13-19(20)18-11-21(30-4)23(32-6)22(12-18)31-5/h7-12,15,19-20H,13-14H2,1-6H3,(H,26,28). The molecule has 0 saturated carbocycles. The van der Waals surface area contributed by atoms with Gasteiger partial charge in [-0.1, -0.05) is 17.7 Å². The highest BCUT2D eigenvalue weighted by Gasteiger charge is 2.41. The van der Waals surface area contributed by atoms with Crippen molar-refractivity contribution in [3.05, 3.63) is 53.1 Å². The number of amides is 2. The molecular formula is C25H32N2O5. The third-order valence-electron chi connectivity index (χ3n) is 5.79. The maximum atomic E-state index is 13.2. The lowest BCUT2D eigenvalue weighted by molar-refractivity contribution is -0.125. The SMILES string of the molecule is COc1cc(C2CN(C(=O)c3ccc(C)cc3)CC2C(=O)NC(C)C)cc(OC)c1OC. The zero-order valence-electron chi connectivity index (χ0n) is 19.6. The second-order valence-corrected chi connectivity index (χ2v) is 8.41. The number of aryl methyl sites for hydroxylation is 1. The smallest absolute Gasteiger partial charge is 0.253 e. The quantitative estimate of drug-likeness (QED) is 0.714. The molecule has 172 valence electrons. The highest BCUT2D eigenvalue weighted by atomic mass is 16.5. The van der Waals surface area contributed by atoms with E-state index in [2.05, 4.69) is 5.32 Å². The van der Waals surface area contributed by atoms with Gasteiger partial charge in [-0.25, -0.2) is 0 Å². The molecule has 2 aromatic rings. The van der Waals surface area contributed by atoms with Crippen LogP contribution >= 0.6 is 0 Å². The van der Waals surface area contributed by atoms with Crippen molar-refractivity contribution in [1.29, 1.82) is 0 Å². The molecule has 0 radical (unpaired) electrons. The lowest BCUT2D eigenvalue weighted by atomic mass is 9.87. The topological polar surface area (TPSA) is 77.1 Å². The number of methoxy groups -OCH3 is 3. The third kappa shape index (κ3) is 4.82. The Hall–Kier alpha value is -3.22. The summed E-state index contributed by atoms with van der Waals surface area (Å²) in [7, 11) is 4.67. The minimum atomic E-state index is -0.394. The molecule has 2 atom stereocenters. The van der Waals surface area contributed by atoms with Crippen LogP contribution in [-0.2, 0) is 4.79 Å². The fraction of sp³-hybridized carbons (Fsp3) is 0.440. The lowest BCUT2D eigenvalue weighted by Crippen LogP contribution is -2.39.